The molecular formula is C18H21FN2OS. The third kappa shape index (κ3) is 4.99. The van der Waals surface area contributed by atoms with Gasteiger partial charge in [-0.1, -0.05) is 32.9 Å². The van der Waals surface area contributed by atoms with Crippen molar-refractivity contribution >= 4 is 23.3 Å². The summed E-state index contributed by atoms with van der Waals surface area (Å²) in [6.07, 6.45) is 3.18. The van der Waals surface area contributed by atoms with E-state index in [9.17, 15) is 9.18 Å². The summed E-state index contributed by atoms with van der Waals surface area (Å²) in [6, 6.07) is 6.03. The van der Waals surface area contributed by atoms with Crippen molar-refractivity contribution in [1.82, 2.24) is 10.3 Å². The normalized spacial score (nSPS) is 13.3. The largest absolute Gasteiger partial charge is 0.345 e. The highest BCUT2D eigenvalue weighted by Crippen LogP contribution is 2.32. The molecule has 122 valence electrons. The number of carbonyl (C=O) groups excluding carboxylic acids is 1. The minimum absolute atomic E-state index is 0.195. The van der Waals surface area contributed by atoms with Crippen molar-refractivity contribution in [2.75, 3.05) is 0 Å². The van der Waals surface area contributed by atoms with Gasteiger partial charge in [-0.2, -0.15) is 0 Å². The second-order valence-electron chi connectivity index (χ2n) is 6.48. The highest BCUT2D eigenvalue weighted by molar-refractivity contribution is 7.09. The minimum Gasteiger partial charge on any atom is -0.345 e. The summed E-state index contributed by atoms with van der Waals surface area (Å²) < 4.78 is 13.1. The van der Waals surface area contributed by atoms with Crippen LogP contribution in [-0.2, 0) is 4.79 Å². The molecule has 0 aliphatic carbocycles. The van der Waals surface area contributed by atoms with E-state index in [4.69, 9.17) is 0 Å². The summed E-state index contributed by atoms with van der Waals surface area (Å²) in [5.41, 5.74) is 1.46. The van der Waals surface area contributed by atoms with E-state index in [1.54, 1.807) is 29.5 Å². The standard InChI is InChI=1S/C18H21FN2OS/c1-12-20-15(11-23-12)9-10-16(22)21-17(18(2,3)4)13-5-7-14(19)8-6-13/h5-11,17H,1-4H3,(H,21,22)/b10-9+. The second-order valence-corrected chi connectivity index (χ2v) is 7.55. The van der Waals surface area contributed by atoms with Crippen LogP contribution in [0.1, 0.15) is 43.1 Å². The number of carbonyl (C=O) groups is 1. The maximum atomic E-state index is 13.1. The summed E-state index contributed by atoms with van der Waals surface area (Å²) in [5.74, 6) is -0.480. The first-order valence-electron chi connectivity index (χ1n) is 7.42. The number of thiazole rings is 1. The molecule has 0 saturated carbocycles. The lowest BCUT2D eigenvalue weighted by atomic mass is 9.82. The number of halogens is 1. The number of nitrogens with zero attached hydrogens (tertiary/aromatic N) is 1. The summed E-state index contributed by atoms with van der Waals surface area (Å²) in [6.45, 7) is 8.03. The Morgan fingerprint density at radius 2 is 1.96 bits per heavy atom. The third-order valence-electron chi connectivity index (χ3n) is 3.40. The topological polar surface area (TPSA) is 42.0 Å². The fourth-order valence-electron chi connectivity index (χ4n) is 2.26. The van der Waals surface area contributed by atoms with E-state index in [-0.39, 0.29) is 23.2 Å². The van der Waals surface area contributed by atoms with Gasteiger partial charge >= 0.3 is 0 Å². The average molecular weight is 332 g/mol. The Hall–Kier alpha value is -2.01. The molecule has 1 amide bonds. The Bertz CT molecular complexity index is 699. The van der Waals surface area contributed by atoms with Gasteiger partial charge in [-0.3, -0.25) is 4.79 Å². The van der Waals surface area contributed by atoms with Crippen molar-refractivity contribution in [2.24, 2.45) is 5.41 Å². The van der Waals surface area contributed by atoms with Crippen molar-refractivity contribution in [3.8, 4) is 0 Å². The molecule has 0 radical (unpaired) electrons. The number of hydrogen-bond donors (Lipinski definition) is 1. The summed E-state index contributed by atoms with van der Waals surface area (Å²) in [7, 11) is 0. The molecule has 1 N–H and O–H groups in total. The second kappa shape index (κ2) is 7.04. The predicted octanol–water partition coefficient (Wildman–Crippen LogP) is 4.51. The zero-order chi connectivity index (χ0) is 17.0. The highest BCUT2D eigenvalue weighted by atomic mass is 32.1. The van der Waals surface area contributed by atoms with Crippen molar-refractivity contribution in [3.05, 3.63) is 57.8 Å². The zero-order valence-electron chi connectivity index (χ0n) is 13.8. The Balaban J connectivity index is 2.13. The first-order chi connectivity index (χ1) is 10.8. The van der Waals surface area contributed by atoms with Crippen LogP contribution < -0.4 is 5.32 Å². The van der Waals surface area contributed by atoms with E-state index in [0.717, 1.165) is 16.3 Å². The molecule has 2 aromatic rings. The molecule has 1 unspecified atom stereocenters. The van der Waals surface area contributed by atoms with Gasteiger partial charge in [0.05, 0.1) is 16.7 Å². The number of amides is 1. The number of hydrogen-bond acceptors (Lipinski definition) is 3. The van der Waals surface area contributed by atoms with Crippen LogP contribution in [0.15, 0.2) is 35.7 Å². The van der Waals surface area contributed by atoms with Crippen LogP contribution in [0.3, 0.4) is 0 Å². The molecule has 3 nitrogen and oxygen atoms in total. The van der Waals surface area contributed by atoms with Crippen LogP contribution in [0.2, 0.25) is 0 Å². The van der Waals surface area contributed by atoms with Crippen LogP contribution in [0.4, 0.5) is 4.39 Å². The fraction of sp³-hybridized carbons (Fsp3) is 0.333. The molecule has 0 spiro atoms. The maximum Gasteiger partial charge on any atom is 0.244 e. The summed E-state index contributed by atoms with van der Waals surface area (Å²) in [5, 5.41) is 5.86. The number of benzene rings is 1. The van der Waals surface area contributed by atoms with Gasteiger partial charge in [0.25, 0.3) is 0 Å². The number of rotatable bonds is 4. The van der Waals surface area contributed by atoms with E-state index in [0.29, 0.717) is 0 Å². The molecule has 0 aliphatic rings. The number of aryl methyl sites for hydroxylation is 1. The van der Waals surface area contributed by atoms with Gasteiger partial charge in [-0.05, 0) is 36.1 Å². The molecule has 0 saturated heterocycles. The average Bonchev–Trinajstić information content (AvgIpc) is 2.88. The lowest BCUT2D eigenvalue weighted by molar-refractivity contribution is -0.117. The van der Waals surface area contributed by atoms with E-state index < -0.39 is 0 Å². The Labute approximate surface area is 140 Å². The molecular weight excluding hydrogens is 311 g/mol. The minimum atomic E-state index is -0.286. The van der Waals surface area contributed by atoms with Crippen molar-refractivity contribution in [1.29, 1.82) is 0 Å². The van der Waals surface area contributed by atoms with Crippen molar-refractivity contribution in [2.45, 2.75) is 33.7 Å². The molecule has 1 heterocycles. The van der Waals surface area contributed by atoms with Crippen LogP contribution in [0, 0.1) is 18.2 Å². The smallest absolute Gasteiger partial charge is 0.244 e. The van der Waals surface area contributed by atoms with Crippen LogP contribution in [0.5, 0.6) is 0 Å². The van der Waals surface area contributed by atoms with Crippen molar-refractivity contribution in [3.63, 3.8) is 0 Å². The molecule has 1 atom stereocenters. The monoisotopic (exact) mass is 332 g/mol. The molecule has 0 bridgehead atoms. The van der Waals surface area contributed by atoms with Gasteiger partial charge in [0.2, 0.25) is 5.91 Å². The van der Waals surface area contributed by atoms with Crippen LogP contribution in [0.25, 0.3) is 6.08 Å². The molecule has 1 aromatic carbocycles. The Morgan fingerprint density at radius 1 is 1.30 bits per heavy atom. The summed E-state index contributed by atoms with van der Waals surface area (Å²) in [4.78, 5) is 16.5. The third-order valence-corrected chi connectivity index (χ3v) is 4.19. The fourth-order valence-corrected chi connectivity index (χ4v) is 2.84. The molecule has 23 heavy (non-hydrogen) atoms. The van der Waals surface area contributed by atoms with Gasteiger partial charge < -0.3 is 5.32 Å². The van der Waals surface area contributed by atoms with E-state index in [1.165, 1.54) is 18.2 Å². The zero-order valence-corrected chi connectivity index (χ0v) is 14.6. The van der Waals surface area contributed by atoms with Crippen molar-refractivity contribution < 1.29 is 9.18 Å². The van der Waals surface area contributed by atoms with Crippen LogP contribution in [-0.4, -0.2) is 10.9 Å². The van der Waals surface area contributed by atoms with Gasteiger partial charge in [0.1, 0.15) is 5.82 Å². The Morgan fingerprint density at radius 3 is 2.48 bits per heavy atom. The molecule has 1 aromatic heterocycles. The predicted molar refractivity (Wildman–Crippen MR) is 92.6 cm³/mol. The van der Waals surface area contributed by atoms with E-state index in [2.05, 4.69) is 10.3 Å². The first kappa shape index (κ1) is 17.3. The van der Waals surface area contributed by atoms with Crippen LogP contribution >= 0.6 is 11.3 Å². The molecule has 2 rings (SSSR count). The van der Waals surface area contributed by atoms with Gasteiger partial charge in [-0.25, -0.2) is 9.37 Å². The summed E-state index contributed by atoms with van der Waals surface area (Å²) >= 11 is 1.54. The molecule has 5 heteroatoms. The van der Waals surface area contributed by atoms with Gasteiger partial charge in [0.15, 0.2) is 0 Å². The molecule has 0 aliphatic heterocycles. The van der Waals surface area contributed by atoms with Gasteiger partial charge in [-0.15, -0.1) is 11.3 Å². The quantitative estimate of drug-likeness (QED) is 0.837. The SMILES string of the molecule is Cc1nc(/C=C/C(=O)NC(c2ccc(F)cc2)C(C)(C)C)cs1. The highest BCUT2D eigenvalue weighted by Gasteiger charge is 2.27. The Kier molecular flexibility index (Phi) is 5.31. The maximum absolute atomic E-state index is 13.1. The van der Waals surface area contributed by atoms with Gasteiger partial charge in [0, 0.05) is 11.5 Å². The number of nitrogens with one attached hydrogen (secondary N) is 1. The number of aromatic nitrogens is 1. The molecule has 0 fully saturated rings. The lowest BCUT2D eigenvalue weighted by Crippen LogP contribution is -2.35. The lowest BCUT2D eigenvalue weighted by Gasteiger charge is -2.31. The van der Waals surface area contributed by atoms with E-state index >= 15 is 0 Å². The first-order valence-corrected chi connectivity index (χ1v) is 8.30. The van der Waals surface area contributed by atoms with E-state index in [1.807, 2.05) is 33.1 Å².